The van der Waals surface area contributed by atoms with Crippen LogP contribution in [0.2, 0.25) is 0 Å². The molecule has 0 aromatic heterocycles. The number of nitrogens with zero attached hydrogens (tertiary/aromatic N) is 2. The molecule has 7 heteroatoms. The molecule has 0 unspecified atom stereocenters. The molecule has 1 aliphatic heterocycles. The predicted octanol–water partition coefficient (Wildman–Crippen LogP) is 2.83. The maximum atomic E-state index is 13.1. The third-order valence-corrected chi connectivity index (χ3v) is 7.44. The lowest BCUT2D eigenvalue weighted by Gasteiger charge is -2.34. The summed E-state index contributed by atoms with van der Waals surface area (Å²) in [5.41, 5.74) is 2.06. The summed E-state index contributed by atoms with van der Waals surface area (Å²) in [7, 11) is -0.658. The Balaban J connectivity index is 1.73. The van der Waals surface area contributed by atoms with E-state index in [9.17, 15) is 18.3 Å². The Hall–Kier alpha value is -2.22. The first-order valence-corrected chi connectivity index (χ1v) is 11.2. The van der Waals surface area contributed by atoms with Gasteiger partial charge in [-0.05, 0) is 48.9 Å². The van der Waals surface area contributed by atoms with Gasteiger partial charge in [0.15, 0.2) is 0 Å². The van der Waals surface area contributed by atoms with Gasteiger partial charge in [0.2, 0.25) is 10.0 Å². The van der Waals surface area contributed by atoms with Crippen LogP contribution in [0.25, 0.3) is 0 Å². The molecule has 0 spiro atoms. The zero-order valence-electron chi connectivity index (χ0n) is 17.1. The second-order valence-corrected chi connectivity index (χ2v) is 9.90. The van der Waals surface area contributed by atoms with Gasteiger partial charge in [0.25, 0.3) is 5.91 Å². The zero-order chi connectivity index (χ0) is 21.2. The van der Waals surface area contributed by atoms with Crippen molar-refractivity contribution in [3.8, 4) is 0 Å². The van der Waals surface area contributed by atoms with Crippen molar-refractivity contribution >= 4 is 15.9 Å². The molecule has 1 fully saturated rings. The average Bonchev–Trinajstić information content (AvgIpc) is 2.73. The van der Waals surface area contributed by atoms with Crippen LogP contribution >= 0.6 is 0 Å². The number of amides is 1. The standard InChI is InChI=1S/C22H28N2O4S/c1-16-9-10-19(29(27,28)23(2)3)15-20(16)22(26)24-13-11-18(12-14-24)21(25)17-7-5-4-6-8-17/h4-10,15,18,21,25H,11-14H2,1-3H3/t21-/m0/s1. The minimum Gasteiger partial charge on any atom is -0.388 e. The van der Waals surface area contributed by atoms with E-state index >= 15 is 0 Å². The minimum absolute atomic E-state index is 0.100. The van der Waals surface area contributed by atoms with Gasteiger partial charge in [-0.1, -0.05) is 36.4 Å². The summed E-state index contributed by atoms with van der Waals surface area (Å²) >= 11 is 0. The number of benzene rings is 2. The lowest BCUT2D eigenvalue weighted by molar-refractivity contribution is 0.0461. The highest BCUT2D eigenvalue weighted by Gasteiger charge is 2.30. The largest absolute Gasteiger partial charge is 0.388 e. The maximum Gasteiger partial charge on any atom is 0.254 e. The molecule has 1 heterocycles. The van der Waals surface area contributed by atoms with Crippen LogP contribution in [0.1, 0.15) is 40.4 Å². The number of carbonyl (C=O) groups excluding carboxylic acids is 1. The fourth-order valence-corrected chi connectivity index (χ4v) is 4.64. The number of likely N-dealkylation sites (tertiary alicyclic amines) is 1. The Morgan fingerprint density at radius 2 is 1.72 bits per heavy atom. The molecule has 0 bridgehead atoms. The number of aryl methyl sites for hydroxylation is 1. The average molecular weight is 417 g/mol. The van der Waals surface area contributed by atoms with Gasteiger partial charge in [-0.25, -0.2) is 12.7 Å². The molecule has 1 N–H and O–H groups in total. The van der Waals surface area contributed by atoms with Crippen LogP contribution in [-0.2, 0) is 10.0 Å². The molecule has 3 rings (SSSR count). The smallest absolute Gasteiger partial charge is 0.254 e. The Kier molecular flexibility index (Phi) is 6.41. The van der Waals surface area contributed by atoms with Crippen LogP contribution in [0.4, 0.5) is 0 Å². The number of hydrogen-bond acceptors (Lipinski definition) is 4. The molecule has 0 aliphatic carbocycles. The molecular weight excluding hydrogens is 388 g/mol. The zero-order valence-corrected chi connectivity index (χ0v) is 17.9. The topological polar surface area (TPSA) is 77.9 Å². The van der Waals surface area contributed by atoms with E-state index in [1.807, 2.05) is 37.3 Å². The molecule has 0 saturated carbocycles. The van der Waals surface area contributed by atoms with Crippen molar-refractivity contribution in [1.29, 1.82) is 0 Å². The predicted molar refractivity (Wildman–Crippen MR) is 112 cm³/mol. The highest BCUT2D eigenvalue weighted by molar-refractivity contribution is 7.89. The molecule has 156 valence electrons. The summed E-state index contributed by atoms with van der Waals surface area (Å²) in [6, 6.07) is 14.3. The fourth-order valence-electron chi connectivity index (χ4n) is 3.71. The molecule has 1 saturated heterocycles. The molecule has 1 atom stereocenters. The molecule has 0 radical (unpaired) electrons. The van der Waals surface area contributed by atoms with Gasteiger partial charge in [0, 0.05) is 32.7 Å². The summed E-state index contributed by atoms with van der Waals surface area (Å²) in [6.45, 7) is 2.89. The molecule has 1 aliphatic rings. The number of hydrogen-bond donors (Lipinski definition) is 1. The van der Waals surface area contributed by atoms with Crippen LogP contribution in [-0.4, -0.2) is 55.8 Å². The van der Waals surface area contributed by atoms with Gasteiger partial charge >= 0.3 is 0 Å². The van der Waals surface area contributed by atoms with E-state index in [2.05, 4.69) is 0 Å². The van der Waals surface area contributed by atoms with Crippen molar-refractivity contribution in [3.63, 3.8) is 0 Å². The van der Waals surface area contributed by atoms with E-state index in [1.165, 1.54) is 26.2 Å². The molecule has 1 amide bonds. The number of rotatable bonds is 5. The van der Waals surface area contributed by atoms with Gasteiger partial charge in [-0.15, -0.1) is 0 Å². The van der Waals surface area contributed by atoms with E-state index in [-0.39, 0.29) is 16.7 Å². The fraction of sp³-hybridized carbons (Fsp3) is 0.409. The molecule has 29 heavy (non-hydrogen) atoms. The van der Waals surface area contributed by atoms with Crippen molar-refractivity contribution in [2.75, 3.05) is 27.2 Å². The summed E-state index contributed by atoms with van der Waals surface area (Å²) in [4.78, 5) is 14.9. The van der Waals surface area contributed by atoms with E-state index < -0.39 is 16.1 Å². The second-order valence-electron chi connectivity index (χ2n) is 7.75. The summed E-state index contributed by atoms with van der Waals surface area (Å²) < 4.78 is 26.0. The highest BCUT2D eigenvalue weighted by Crippen LogP contribution is 2.31. The minimum atomic E-state index is -3.60. The number of carbonyl (C=O) groups is 1. The van der Waals surface area contributed by atoms with Crippen LogP contribution < -0.4 is 0 Å². The number of piperidine rings is 1. The molecular formula is C22H28N2O4S. The van der Waals surface area contributed by atoms with E-state index in [1.54, 1.807) is 11.0 Å². The maximum absolute atomic E-state index is 13.1. The Labute approximate surface area is 172 Å². The Morgan fingerprint density at radius 3 is 2.31 bits per heavy atom. The number of aliphatic hydroxyl groups excluding tert-OH is 1. The third kappa shape index (κ3) is 4.52. The number of aliphatic hydroxyl groups is 1. The lowest BCUT2D eigenvalue weighted by atomic mass is 9.87. The van der Waals surface area contributed by atoms with Gasteiger partial charge < -0.3 is 10.0 Å². The Morgan fingerprint density at radius 1 is 1.10 bits per heavy atom. The van der Waals surface area contributed by atoms with Crippen molar-refractivity contribution in [1.82, 2.24) is 9.21 Å². The van der Waals surface area contributed by atoms with Gasteiger partial charge in [-0.2, -0.15) is 0 Å². The Bertz CT molecular complexity index is 966. The van der Waals surface area contributed by atoms with Crippen LogP contribution in [0.5, 0.6) is 0 Å². The van der Waals surface area contributed by atoms with E-state index in [0.29, 0.717) is 31.5 Å². The third-order valence-electron chi connectivity index (χ3n) is 5.63. The van der Waals surface area contributed by atoms with Crippen molar-refractivity contribution in [2.45, 2.75) is 30.8 Å². The second kappa shape index (κ2) is 8.65. The van der Waals surface area contributed by atoms with Gasteiger partial charge in [0.05, 0.1) is 11.0 Å². The highest BCUT2D eigenvalue weighted by atomic mass is 32.2. The first-order chi connectivity index (χ1) is 13.7. The first kappa shape index (κ1) is 21.5. The quantitative estimate of drug-likeness (QED) is 0.813. The molecule has 2 aromatic carbocycles. The normalized spacial score (nSPS) is 16.8. The first-order valence-electron chi connectivity index (χ1n) is 9.77. The SMILES string of the molecule is Cc1ccc(S(=O)(=O)N(C)C)cc1C(=O)N1CCC([C@@H](O)c2ccccc2)CC1. The monoisotopic (exact) mass is 416 g/mol. The molecule has 6 nitrogen and oxygen atoms in total. The van der Waals surface area contributed by atoms with E-state index in [0.717, 1.165) is 15.4 Å². The van der Waals surface area contributed by atoms with Gasteiger partial charge in [0.1, 0.15) is 0 Å². The van der Waals surface area contributed by atoms with Crippen LogP contribution in [0.3, 0.4) is 0 Å². The van der Waals surface area contributed by atoms with Crippen molar-refractivity contribution < 1.29 is 18.3 Å². The lowest BCUT2D eigenvalue weighted by Crippen LogP contribution is -2.40. The summed E-state index contributed by atoms with van der Waals surface area (Å²) in [5, 5.41) is 10.6. The molecule has 2 aromatic rings. The van der Waals surface area contributed by atoms with Crippen LogP contribution in [0.15, 0.2) is 53.4 Å². The van der Waals surface area contributed by atoms with Gasteiger partial charge in [-0.3, -0.25) is 4.79 Å². The summed E-state index contributed by atoms with van der Waals surface area (Å²) in [5.74, 6) is -0.0612. The van der Waals surface area contributed by atoms with Crippen molar-refractivity contribution in [3.05, 3.63) is 65.2 Å². The summed E-state index contributed by atoms with van der Waals surface area (Å²) in [6.07, 6.45) is 0.872. The van der Waals surface area contributed by atoms with E-state index in [4.69, 9.17) is 0 Å². The van der Waals surface area contributed by atoms with Crippen LogP contribution in [0, 0.1) is 12.8 Å². The number of sulfonamides is 1. The van der Waals surface area contributed by atoms with Crippen molar-refractivity contribution in [2.24, 2.45) is 5.92 Å².